The predicted molar refractivity (Wildman–Crippen MR) is 99.6 cm³/mol. The molecule has 0 fully saturated rings. The molecule has 0 bridgehead atoms. The third-order valence-electron chi connectivity index (χ3n) is 3.56. The van der Waals surface area contributed by atoms with Crippen molar-refractivity contribution in [3.8, 4) is 11.5 Å². The standard InChI is InChI=1S/C17H15BrN2O3S/c1-9-4-7-13(23-3)14-15(9)24-17(19-14)20-16(21)11-8-10(22-2)5-6-12(11)18/h4-8H,1-3H3,(H,19,20,21). The van der Waals surface area contributed by atoms with Crippen LogP contribution in [0.2, 0.25) is 0 Å². The van der Waals surface area contributed by atoms with Crippen LogP contribution in [0.4, 0.5) is 5.13 Å². The van der Waals surface area contributed by atoms with Crippen LogP contribution in [0.3, 0.4) is 0 Å². The Morgan fingerprint density at radius 1 is 1.21 bits per heavy atom. The lowest BCUT2D eigenvalue weighted by Crippen LogP contribution is -2.12. The van der Waals surface area contributed by atoms with E-state index in [1.807, 2.05) is 19.1 Å². The lowest BCUT2D eigenvalue weighted by Gasteiger charge is -2.06. The number of anilines is 1. The van der Waals surface area contributed by atoms with E-state index >= 15 is 0 Å². The minimum atomic E-state index is -0.253. The van der Waals surface area contributed by atoms with E-state index in [1.165, 1.54) is 11.3 Å². The molecule has 124 valence electrons. The Balaban J connectivity index is 1.95. The van der Waals surface area contributed by atoms with Crippen LogP contribution < -0.4 is 14.8 Å². The van der Waals surface area contributed by atoms with Gasteiger partial charge < -0.3 is 9.47 Å². The first-order chi connectivity index (χ1) is 11.5. The van der Waals surface area contributed by atoms with Crippen molar-refractivity contribution >= 4 is 48.5 Å². The first kappa shape index (κ1) is 16.7. The maximum atomic E-state index is 12.6. The average Bonchev–Trinajstić information content (AvgIpc) is 3.00. The van der Waals surface area contributed by atoms with Gasteiger partial charge in [-0.15, -0.1) is 0 Å². The quantitative estimate of drug-likeness (QED) is 0.685. The number of hydrogen-bond acceptors (Lipinski definition) is 5. The smallest absolute Gasteiger partial charge is 0.258 e. The molecule has 0 aliphatic rings. The van der Waals surface area contributed by atoms with Crippen molar-refractivity contribution in [2.75, 3.05) is 19.5 Å². The Hall–Kier alpha value is -2.12. The summed E-state index contributed by atoms with van der Waals surface area (Å²) in [5.41, 5.74) is 2.33. The summed E-state index contributed by atoms with van der Waals surface area (Å²) in [6.07, 6.45) is 0. The maximum absolute atomic E-state index is 12.6. The highest BCUT2D eigenvalue weighted by atomic mass is 79.9. The number of methoxy groups -OCH3 is 2. The molecule has 0 atom stereocenters. The van der Waals surface area contributed by atoms with Gasteiger partial charge in [0.25, 0.3) is 5.91 Å². The first-order valence-corrected chi connectivity index (χ1v) is 8.73. The average molecular weight is 407 g/mol. The van der Waals surface area contributed by atoms with Crippen molar-refractivity contribution in [3.63, 3.8) is 0 Å². The first-order valence-electron chi connectivity index (χ1n) is 7.12. The van der Waals surface area contributed by atoms with Gasteiger partial charge in [0.2, 0.25) is 0 Å². The number of thiazole rings is 1. The number of aryl methyl sites for hydroxylation is 1. The monoisotopic (exact) mass is 406 g/mol. The largest absolute Gasteiger partial charge is 0.497 e. The Bertz CT molecular complexity index is 924. The van der Waals surface area contributed by atoms with Crippen molar-refractivity contribution in [3.05, 3.63) is 45.9 Å². The Labute approximate surface area is 151 Å². The molecule has 1 heterocycles. The zero-order valence-electron chi connectivity index (χ0n) is 13.3. The van der Waals surface area contributed by atoms with E-state index in [4.69, 9.17) is 9.47 Å². The number of amides is 1. The van der Waals surface area contributed by atoms with Crippen molar-refractivity contribution in [2.45, 2.75) is 6.92 Å². The van der Waals surface area contributed by atoms with Gasteiger partial charge in [-0.3, -0.25) is 10.1 Å². The lowest BCUT2D eigenvalue weighted by atomic mass is 10.2. The molecule has 3 rings (SSSR count). The van der Waals surface area contributed by atoms with Gasteiger partial charge in [-0.1, -0.05) is 17.4 Å². The summed E-state index contributed by atoms with van der Waals surface area (Å²) in [5.74, 6) is 1.05. The fraction of sp³-hybridized carbons (Fsp3) is 0.176. The third kappa shape index (κ3) is 3.09. The molecule has 0 aliphatic carbocycles. The highest BCUT2D eigenvalue weighted by Crippen LogP contribution is 2.35. The topological polar surface area (TPSA) is 60.5 Å². The van der Waals surface area contributed by atoms with Gasteiger partial charge in [-0.05, 0) is 52.7 Å². The molecule has 2 aromatic carbocycles. The van der Waals surface area contributed by atoms with Gasteiger partial charge in [0.15, 0.2) is 5.13 Å². The highest BCUT2D eigenvalue weighted by molar-refractivity contribution is 9.10. The molecule has 1 aromatic heterocycles. The summed E-state index contributed by atoms with van der Waals surface area (Å²) >= 11 is 4.81. The van der Waals surface area contributed by atoms with Crippen LogP contribution in [0, 0.1) is 6.92 Å². The minimum Gasteiger partial charge on any atom is -0.497 e. The molecule has 7 heteroatoms. The zero-order chi connectivity index (χ0) is 17.3. The number of fused-ring (bicyclic) bond motifs is 1. The van der Waals surface area contributed by atoms with Gasteiger partial charge in [-0.2, -0.15) is 0 Å². The predicted octanol–water partition coefficient (Wildman–Crippen LogP) is 4.64. The van der Waals surface area contributed by atoms with E-state index in [0.29, 0.717) is 26.7 Å². The van der Waals surface area contributed by atoms with Crippen LogP contribution in [0.25, 0.3) is 10.2 Å². The van der Waals surface area contributed by atoms with E-state index in [9.17, 15) is 4.79 Å². The second kappa shape index (κ2) is 6.78. The van der Waals surface area contributed by atoms with Crippen LogP contribution in [0.1, 0.15) is 15.9 Å². The molecule has 0 spiro atoms. The molecule has 0 unspecified atom stereocenters. The number of carbonyl (C=O) groups excluding carboxylic acids is 1. The lowest BCUT2D eigenvalue weighted by molar-refractivity contribution is 0.102. The molecule has 1 N–H and O–H groups in total. The fourth-order valence-corrected chi connectivity index (χ4v) is 3.67. The SMILES string of the molecule is COc1ccc(Br)c(C(=O)Nc2nc3c(OC)ccc(C)c3s2)c1. The fourth-order valence-electron chi connectivity index (χ4n) is 2.30. The van der Waals surface area contributed by atoms with Gasteiger partial charge in [0.05, 0.1) is 24.5 Å². The number of halogens is 1. The summed E-state index contributed by atoms with van der Waals surface area (Å²) in [6.45, 7) is 2.00. The number of benzene rings is 2. The zero-order valence-corrected chi connectivity index (χ0v) is 15.7. The second-order valence-electron chi connectivity index (χ2n) is 5.08. The Kier molecular flexibility index (Phi) is 4.73. The van der Waals surface area contributed by atoms with Crippen LogP contribution in [0.5, 0.6) is 11.5 Å². The highest BCUT2D eigenvalue weighted by Gasteiger charge is 2.16. The van der Waals surface area contributed by atoms with E-state index in [1.54, 1.807) is 32.4 Å². The molecular formula is C17H15BrN2O3S. The van der Waals surface area contributed by atoms with Crippen molar-refractivity contribution in [1.82, 2.24) is 4.98 Å². The number of carbonyl (C=O) groups is 1. The Morgan fingerprint density at radius 3 is 2.71 bits per heavy atom. The number of nitrogens with one attached hydrogen (secondary N) is 1. The van der Waals surface area contributed by atoms with Crippen molar-refractivity contribution in [1.29, 1.82) is 0 Å². The third-order valence-corrected chi connectivity index (χ3v) is 5.36. The number of nitrogens with zero attached hydrogens (tertiary/aromatic N) is 1. The second-order valence-corrected chi connectivity index (χ2v) is 6.93. The van der Waals surface area contributed by atoms with Gasteiger partial charge >= 0.3 is 0 Å². The molecule has 3 aromatic rings. The summed E-state index contributed by atoms with van der Waals surface area (Å²) in [6, 6.07) is 9.09. The van der Waals surface area contributed by atoms with Crippen LogP contribution in [0.15, 0.2) is 34.8 Å². The van der Waals surface area contributed by atoms with Crippen LogP contribution in [-0.2, 0) is 0 Å². The van der Waals surface area contributed by atoms with Crippen molar-refractivity contribution in [2.24, 2.45) is 0 Å². The summed E-state index contributed by atoms with van der Waals surface area (Å²) < 4.78 is 12.2. The molecule has 24 heavy (non-hydrogen) atoms. The Morgan fingerprint density at radius 2 is 2.00 bits per heavy atom. The summed E-state index contributed by atoms with van der Waals surface area (Å²) in [7, 11) is 3.17. The summed E-state index contributed by atoms with van der Waals surface area (Å²) in [4.78, 5) is 17.1. The molecule has 0 aliphatic heterocycles. The van der Waals surface area contributed by atoms with Crippen LogP contribution >= 0.6 is 27.3 Å². The molecule has 0 saturated carbocycles. The van der Waals surface area contributed by atoms with E-state index in [0.717, 1.165) is 15.8 Å². The maximum Gasteiger partial charge on any atom is 0.258 e. The number of rotatable bonds is 4. The normalized spacial score (nSPS) is 10.7. The van der Waals surface area contributed by atoms with E-state index in [2.05, 4.69) is 26.2 Å². The number of aromatic nitrogens is 1. The molecule has 0 saturated heterocycles. The molecule has 5 nitrogen and oxygen atoms in total. The van der Waals surface area contributed by atoms with E-state index in [-0.39, 0.29) is 5.91 Å². The number of ether oxygens (including phenoxy) is 2. The van der Waals surface area contributed by atoms with Gasteiger partial charge in [0.1, 0.15) is 17.0 Å². The number of hydrogen-bond donors (Lipinski definition) is 1. The summed E-state index contributed by atoms with van der Waals surface area (Å²) in [5, 5.41) is 3.37. The van der Waals surface area contributed by atoms with E-state index < -0.39 is 0 Å². The molecular weight excluding hydrogens is 392 g/mol. The molecule has 1 amide bonds. The minimum absolute atomic E-state index is 0.253. The van der Waals surface area contributed by atoms with Crippen molar-refractivity contribution < 1.29 is 14.3 Å². The van der Waals surface area contributed by atoms with Crippen LogP contribution in [-0.4, -0.2) is 25.1 Å². The van der Waals surface area contributed by atoms with Gasteiger partial charge in [-0.25, -0.2) is 4.98 Å². The molecule has 0 radical (unpaired) electrons. The van der Waals surface area contributed by atoms with Gasteiger partial charge in [0, 0.05) is 4.47 Å².